The first kappa shape index (κ1) is 24.8. The summed E-state index contributed by atoms with van der Waals surface area (Å²) in [6.45, 7) is 8.82. The highest BCUT2D eigenvalue weighted by atomic mass is 16.5. The van der Waals surface area contributed by atoms with E-state index in [1.165, 1.54) is 5.56 Å². The van der Waals surface area contributed by atoms with Gasteiger partial charge in [-0.1, -0.05) is 32.9 Å². The zero-order valence-corrected chi connectivity index (χ0v) is 20.3. The van der Waals surface area contributed by atoms with Crippen LogP contribution in [0.15, 0.2) is 66.7 Å². The van der Waals surface area contributed by atoms with E-state index in [-0.39, 0.29) is 17.9 Å². The minimum absolute atomic E-state index is 0.0720. The zero-order chi connectivity index (χ0) is 24.7. The van der Waals surface area contributed by atoms with Crippen molar-refractivity contribution >= 4 is 17.6 Å². The molecular weight excluding hydrogens is 430 g/mol. The van der Waals surface area contributed by atoms with E-state index in [1.807, 2.05) is 12.1 Å². The standard InChI is InChI=1S/C28H31NO5/c1-6-33-27(31)19-7-12-23(13-8-19)29-26(30)20-9-16-25(32-5)21(17-20)18-34-24-14-10-22(11-15-24)28(2,3)4/h7-17H,6,18H2,1-5H3,(H,29,30). The van der Waals surface area contributed by atoms with Crippen molar-refractivity contribution in [3.63, 3.8) is 0 Å². The van der Waals surface area contributed by atoms with E-state index in [0.29, 0.717) is 29.2 Å². The van der Waals surface area contributed by atoms with Gasteiger partial charge in [-0.25, -0.2) is 4.79 Å². The maximum Gasteiger partial charge on any atom is 0.338 e. The predicted molar refractivity (Wildman–Crippen MR) is 133 cm³/mol. The molecule has 3 aromatic carbocycles. The highest BCUT2D eigenvalue weighted by Gasteiger charge is 2.14. The van der Waals surface area contributed by atoms with Gasteiger partial charge in [-0.05, 0) is 72.5 Å². The summed E-state index contributed by atoms with van der Waals surface area (Å²) in [4.78, 5) is 24.6. The Morgan fingerprint density at radius 1 is 0.882 bits per heavy atom. The molecule has 0 unspecified atom stereocenters. The lowest BCUT2D eigenvalue weighted by Gasteiger charge is -2.19. The van der Waals surface area contributed by atoms with Gasteiger partial charge in [-0.3, -0.25) is 4.79 Å². The van der Waals surface area contributed by atoms with Crippen molar-refractivity contribution in [3.05, 3.63) is 89.0 Å². The topological polar surface area (TPSA) is 73.9 Å². The second-order valence-corrected chi connectivity index (χ2v) is 8.84. The smallest absolute Gasteiger partial charge is 0.338 e. The summed E-state index contributed by atoms with van der Waals surface area (Å²) in [7, 11) is 1.59. The number of carbonyl (C=O) groups is 2. The van der Waals surface area contributed by atoms with Crippen LogP contribution in [0.5, 0.6) is 11.5 Å². The van der Waals surface area contributed by atoms with Crippen LogP contribution in [0.1, 0.15) is 59.5 Å². The normalized spacial score (nSPS) is 11.0. The molecule has 34 heavy (non-hydrogen) atoms. The first-order valence-electron chi connectivity index (χ1n) is 11.2. The number of ether oxygens (including phenoxy) is 3. The fourth-order valence-electron chi connectivity index (χ4n) is 3.35. The molecule has 178 valence electrons. The maximum atomic E-state index is 12.8. The molecule has 0 aromatic heterocycles. The molecule has 6 nitrogen and oxygen atoms in total. The number of hydrogen-bond donors (Lipinski definition) is 1. The molecule has 0 aliphatic carbocycles. The van der Waals surface area contributed by atoms with Crippen LogP contribution in [0, 0.1) is 0 Å². The van der Waals surface area contributed by atoms with Crippen molar-refractivity contribution in [1.82, 2.24) is 0 Å². The minimum Gasteiger partial charge on any atom is -0.496 e. The molecule has 1 N–H and O–H groups in total. The fraction of sp³-hybridized carbons (Fsp3) is 0.286. The van der Waals surface area contributed by atoms with E-state index in [2.05, 4.69) is 38.2 Å². The van der Waals surface area contributed by atoms with Crippen LogP contribution >= 0.6 is 0 Å². The number of carbonyl (C=O) groups excluding carboxylic acids is 2. The third-order valence-corrected chi connectivity index (χ3v) is 5.31. The quantitative estimate of drug-likeness (QED) is 0.417. The van der Waals surface area contributed by atoms with E-state index >= 15 is 0 Å². The SMILES string of the molecule is CCOC(=O)c1ccc(NC(=O)c2ccc(OC)c(COc3ccc(C(C)(C)C)cc3)c2)cc1. The highest BCUT2D eigenvalue weighted by Crippen LogP contribution is 2.26. The van der Waals surface area contributed by atoms with Gasteiger partial charge in [0.15, 0.2) is 0 Å². The van der Waals surface area contributed by atoms with Gasteiger partial charge >= 0.3 is 5.97 Å². The van der Waals surface area contributed by atoms with Crippen molar-refractivity contribution < 1.29 is 23.8 Å². The first-order chi connectivity index (χ1) is 16.2. The Kier molecular flexibility index (Phi) is 7.95. The molecule has 0 heterocycles. The van der Waals surface area contributed by atoms with Crippen molar-refractivity contribution in [2.45, 2.75) is 39.7 Å². The third kappa shape index (κ3) is 6.38. The molecule has 0 saturated carbocycles. The van der Waals surface area contributed by atoms with Crippen LogP contribution in [0.25, 0.3) is 0 Å². The number of hydrogen-bond acceptors (Lipinski definition) is 5. The fourth-order valence-corrected chi connectivity index (χ4v) is 3.35. The Balaban J connectivity index is 1.69. The Labute approximate surface area is 200 Å². The summed E-state index contributed by atoms with van der Waals surface area (Å²) in [5.74, 6) is 0.712. The molecule has 0 aliphatic heterocycles. The number of esters is 1. The minimum atomic E-state index is -0.395. The Hall–Kier alpha value is -3.80. The van der Waals surface area contributed by atoms with Crippen LogP contribution in [0.2, 0.25) is 0 Å². The Bertz CT molecular complexity index is 1130. The lowest BCUT2D eigenvalue weighted by molar-refractivity contribution is 0.0526. The van der Waals surface area contributed by atoms with Crippen molar-refractivity contribution in [3.8, 4) is 11.5 Å². The molecule has 3 rings (SSSR count). The average molecular weight is 462 g/mol. The molecule has 0 spiro atoms. The largest absolute Gasteiger partial charge is 0.496 e. The summed E-state index contributed by atoms with van der Waals surface area (Å²) in [6.07, 6.45) is 0. The van der Waals surface area contributed by atoms with E-state index in [1.54, 1.807) is 56.5 Å². The van der Waals surface area contributed by atoms with Gasteiger partial charge in [0.2, 0.25) is 0 Å². The summed E-state index contributed by atoms with van der Waals surface area (Å²) >= 11 is 0. The molecule has 0 aliphatic rings. The first-order valence-corrected chi connectivity index (χ1v) is 11.2. The third-order valence-electron chi connectivity index (χ3n) is 5.31. The molecule has 0 fully saturated rings. The van der Waals surface area contributed by atoms with Gasteiger partial charge in [-0.2, -0.15) is 0 Å². The number of benzene rings is 3. The average Bonchev–Trinajstić information content (AvgIpc) is 2.82. The monoisotopic (exact) mass is 461 g/mol. The van der Waals surface area contributed by atoms with Crippen LogP contribution in [0.4, 0.5) is 5.69 Å². The molecule has 1 amide bonds. The molecule has 0 atom stereocenters. The van der Waals surface area contributed by atoms with Gasteiger partial charge in [0, 0.05) is 16.8 Å². The van der Waals surface area contributed by atoms with Crippen LogP contribution < -0.4 is 14.8 Å². The van der Waals surface area contributed by atoms with E-state index in [0.717, 1.165) is 11.3 Å². The lowest BCUT2D eigenvalue weighted by atomic mass is 9.87. The lowest BCUT2D eigenvalue weighted by Crippen LogP contribution is -2.13. The van der Waals surface area contributed by atoms with Gasteiger partial charge in [-0.15, -0.1) is 0 Å². The van der Waals surface area contributed by atoms with Gasteiger partial charge in [0.05, 0.1) is 19.3 Å². The molecule has 3 aromatic rings. The van der Waals surface area contributed by atoms with E-state index < -0.39 is 5.97 Å². The maximum absolute atomic E-state index is 12.8. The van der Waals surface area contributed by atoms with Gasteiger partial charge < -0.3 is 19.5 Å². The van der Waals surface area contributed by atoms with E-state index in [4.69, 9.17) is 14.2 Å². The second kappa shape index (κ2) is 10.9. The number of methoxy groups -OCH3 is 1. The summed E-state index contributed by atoms with van der Waals surface area (Å²) < 4.78 is 16.4. The van der Waals surface area contributed by atoms with E-state index in [9.17, 15) is 9.59 Å². The van der Waals surface area contributed by atoms with Crippen molar-refractivity contribution in [1.29, 1.82) is 0 Å². The molecular formula is C28H31NO5. The highest BCUT2D eigenvalue weighted by molar-refractivity contribution is 6.04. The predicted octanol–water partition coefficient (Wildman–Crippen LogP) is 6.00. The Morgan fingerprint density at radius 2 is 1.53 bits per heavy atom. The number of anilines is 1. The number of nitrogens with one attached hydrogen (secondary N) is 1. The van der Waals surface area contributed by atoms with Crippen molar-refractivity contribution in [2.75, 3.05) is 19.0 Å². The van der Waals surface area contributed by atoms with Crippen molar-refractivity contribution in [2.24, 2.45) is 0 Å². The zero-order valence-electron chi connectivity index (χ0n) is 20.3. The van der Waals surface area contributed by atoms with Crippen LogP contribution in [-0.2, 0) is 16.8 Å². The summed E-state index contributed by atoms with van der Waals surface area (Å²) in [5, 5.41) is 2.84. The molecule has 6 heteroatoms. The molecule has 0 bridgehead atoms. The Morgan fingerprint density at radius 3 is 2.12 bits per heavy atom. The number of amides is 1. The summed E-state index contributed by atoms with van der Waals surface area (Å²) in [6, 6.07) is 19.8. The van der Waals surface area contributed by atoms with Gasteiger partial charge in [0.1, 0.15) is 18.1 Å². The van der Waals surface area contributed by atoms with Crippen LogP contribution in [-0.4, -0.2) is 25.6 Å². The van der Waals surface area contributed by atoms with Crippen LogP contribution in [0.3, 0.4) is 0 Å². The molecule has 0 radical (unpaired) electrons. The van der Waals surface area contributed by atoms with Gasteiger partial charge in [0.25, 0.3) is 5.91 Å². The second-order valence-electron chi connectivity index (χ2n) is 8.84. The summed E-state index contributed by atoms with van der Waals surface area (Å²) in [5.41, 5.74) is 3.53. The molecule has 0 saturated heterocycles. The number of rotatable bonds is 8.